The standard InChI is InChI=1S/C27H21F3O2/c1-2-27(20-11-5-8-14-25(20)30)21(18-9-3-6-12-23(18)28)15-17(26(31)32)16-22(27)19-10-4-7-13-24(19)29/h3-17H,2H2,1H3,(H,31,32). The Bertz CT molecular complexity index is 1180. The quantitative estimate of drug-likeness (QED) is 0.489. The fraction of sp³-hybridized carbons (Fsp3) is 0.148. The van der Waals surface area contributed by atoms with Gasteiger partial charge in [0.15, 0.2) is 0 Å². The van der Waals surface area contributed by atoms with Crippen LogP contribution in [0.15, 0.2) is 84.9 Å². The van der Waals surface area contributed by atoms with E-state index >= 15 is 13.2 Å². The molecule has 3 aromatic carbocycles. The third-order valence-electron chi connectivity index (χ3n) is 6.09. The Labute approximate surface area is 184 Å². The van der Waals surface area contributed by atoms with Crippen molar-refractivity contribution in [3.05, 3.63) is 119 Å². The molecule has 162 valence electrons. The maximum absolute atomic E-state index is 15.3. The number of halogens is 3. The molecule has 0 aromatic heterocycles. The zero-order valence-corrected chi connectivity index (χ0v) is 17.4. The van der Waals surface area contributed by atoms with Crippen molar-refractivity contribution in [2.75, 3.05) is 0 Å². The zero-order chi connectivity index (χ0) is 22.9. The molecule has 2 nitrogen and oxygen atoms in total. The molecule has 32 heavy (non-hydrogen) atoms. The van der Waals surface area contributed by atoms with Crippen LogP contribution in [0.1, 0.15) is 30.0 Å². The molecule has 0 unspecified atom stereocenters. The number of benzene rings is 3. The van der Waals surface area contributed by atoms with Crippen molar-refractivity contribution in [2.24, 2.45) is 5.92 Å². The first-order chi connectivity index (χ1) is 15.4. The number of hydrogen-bond acceptors (Lipinski definition) is 1. The van der Waals surface area contributed by atoms with Gasteiger partial charge in [-0.1, -0.05) is 73.7 Å². The lowest BCUT2D eigenvalue weighted by Gasteiger charge is -2.42. The SMILES string of the molecule is CCC1(c2ccccc2F)C(c2ccccc2F)=CC(C(=O)O)C=C1c1ccccc1F. The van der Waals surface area contributed by atoms with Crippen molar-refractivity contribution in [2.45, 2.75) is 18.8 Å². The summed E-state index contributed by atoms with van der Waals surface area (Å²) in [6, 6.07) is 18.0. The molecule has 0 bridgehead atoms. The van der Waals surface area contributed by atoms with Crippen LogP contribution in [0.4, 0.5) is 13.2 Å². The number of carboxylic acids is 1. The van der Waals surface area contributed by atoms with Gasteiger partial charge in [0.1, 0.15) is 17.5 Å². The summed E-state index contributed by atoms with van der Waals surface area (Å²) in [5, 5.41) is 9.82. The molecule has 0 fully saturated rings. The average Bonchev–Trinajstić information content (AvgIpc) is 2.79. The van der Waals surface area contributed by atoms with Gasteiger partial charge in [0.2, 0.25) is 0 Å². The van der Waals surface area contributed by atoms with Crippen LogP contribution in [-0.4, -0.2) is 11.1 Å². The molecule has 4 rings (SSSR count). The van der Waals surface area contributed by atoms with E-state index in [9.17, 15) is 9.90 Å². The van der Waals surface area contributed by atoms with E-state index in [4.69, 9.17) is 0 Å². The number of carbonyl (C=O) groups is 1. The molecule has 5 heteroatoms. The van der Waals surface area contributed by atoms with E-state index in [1.807, 2.05) is 0 Å². The minimum atomic E-state index is -1.30. The molecule has 0 aliphatic heterocycles. The lowest BCUT2D eigenvalue weighted by Crippen LogP contribution is -2.35. The minimum Gasteiger partial charge on any atom is -0.481 e. The van der Waals surface area contributed by atoms with Crippen LogP contribution in [0.5, 0.6) is 0 Å². The Morgan fingerprint density at radius 3 is 1.62 bits per heavy atom. The molecule has 1 aliphatic carbocycles. The van der Waals surface area contributed by atoms with Crippen molar-refractivity contribution in [3.63, 3.8) is 0 Å². The molecule has 0 saturated heterocycles. The van der Waals surface area contributed by atoms with E-state index in [-0.39, 0.29) is 23.1 Å². The number of carboxylic acid groups (broad SMARTS) is 1. The fourth-order valence-corrected chi connectivity index (χ4v) is 4.65. The maximum Gasteiger partial charge on any atom is 0.314 e. The Morgan fingerprint density at radius 2 is 1.22 bits per heavy atom. The van der Waals surface area contributed by atoms with E-state index in [0.717, 1.165) is 0 Å². The number of rotatable bonds is 5. The van der Waals surface area contributed by atoms with Gasteiger partial charge < -0.3 is 5.11 Å². The van der Waals surface area contributed by atoms with Gasteiger partial charge >= 0.3 is 5.97 Å². The highest BCUT2D eigenvalue weighted by Crippen LogP contribution is 2.55. The Morgan fingerprint density at radius 1 is 0.781 bits per heavy atom. The highest BCUT2D eigenvalue weighted by Gasteiger charge is 2.46. The molecular formula is C27H21F3O2. The lowest BCUT2D eigenvalue weighted by molar-refractivity contribution is -0.138. The zero-order valence-electron chi connectivity index (χ0n) is 17.4. The maximum atomic E-state index is 15.3. The fourth-order valence-electron chi connectivity index (χ4n) is 4.65. The number of aliphatic carboxylic acids is 1. The van der Waals surface area contributed by atoms with Crippen LogP contribution in [0.2, 0.25) is 0 Å². The van der Waals surface area contributed by atoms with Crippen LogP contribution in [-0.2, 0) is 10.2 Å². The molecular weight excluding hydrogens is 413 g/mol. The van der Waals surface area contributed by atoms with Gasteiger partial charge in [0.05, 0.1) is 5.92 Å². The second-order valence-electron chi connectivity index (χ2n) is 7.72. The second kappa shape index (κ2) is 8.50. The van der Waals surface area contributed by atoms with Gasteiger partial charge in [-0.15, -0.1) is 0 Å². The number of allylic oxidation sites excluding steroid dienone is 2. The molecule has 1 aliphatic rings. The summed E-state index contributed by atoms with van der Waals surface area (Å²) in [6.45, 7) is 1.80. The normalized spacial score (nSPS) is 20.4. The van der Waals surface area contributed by atoms with Gasteiger partial charge in [0, 0.05) is 22.1 Å². The van der Waals surface area contributed by atoms with Crippen LogP contribution in [0, 0.1) is 23.4 Å². The summed E-state index contributed by atoms with van der Waals surface area (Å²) in [7, 11) is 0. The summed E-state index contributed by atoms with van der Waals surface area (Å²) in [5.74, 6) is -3.96. The topological polar surface area (TPSA) is 37.3 Å². The highest BCUT2D eigenvalue weighted by atomic mass is 19.1. The molecule has 1 N–H and O–H groups in total. The second-order valence-corrected chi connectivity index (χ2v) is 7.72. The van der Waals surface area contributed by atoms with Crippen molar-refractivity contribution in [3.8, 4) is 0 Å². The first-order valence-corrected chi connectivity index (χ1v) is 10.3. The number of hydrogen-bond donors (Lipinski definition) is 1. The lowest BCUT2D eigenvalue weighted by atomic mass is 9.60. The van der Waals surface area contributed by atoms with E-state index in [1.54, 1.807) is 37.3 Å². The van der Waals surface area contributed by atoms with Crippen LogP contribution in [0.3, 0.4) is 0 Å². The Hall–Kier alpha value is -3.60. The smallest absolute Gasteiger partial charge is 0.314 e. The van der Waals surface area contributed by atoms with Gasteiger partial charge in [-0.25, -0.2) is 13.2 Å². The van der Waals surface area contributed by atoms with Crippen molar-refractivity contribution in [1.29, 1.82) is 0 Å². The van der Waals surface area contributed by atoms with Crippen molar-refractivity contribution >= 4 is 17.1 Å². The van der Waals surface area contributed by atoms with Gasteiger partial charge in [0.25, 0.3) is 0 Å². The molecule has 0 atom stereocenters. The van der Waals surface area contributed by atoms with E-state index in [1.165, 1.54) is 54.6 Å². The third-order valence-corrected chi connectivity index (χ3v) is 6.09. The summed E-state index contributed by atoms with van der Waals surface area (Å²) < 4.78 is 45.3. The van der Waals surface area contributed by atoms with Gasteiger partial charge in [-0.3, -0.25) is 4.79 Å². The van der Waals surface area contributed by atoms with Gasteiger partial charge in [-0.2, -0.15) is 0 Å². The third kappa shape index (κ3) is 3.44. The first-order valence-electron chi connectivity index (χ1n) is 10.3. The molecule has 0 heterocycles. The molecule has 0 radical (unpaired) electrons. The molecule has 0 amide bonds. The summed E-state index contributed by atoms with van der Waals surface area (Å²) in [6.07, 6.45) is 3.14. The van der Waals surface area contributed by atoms with Crippen molar-refractivity contribution < 1.29 is 23.1 Å². The molecule has 3 aromatic rings. The average molecular weight is 434 g/mol. The monoisotopic (exact) mass is 434 g/mol. The van der Waals surface area contributed by atoms with E-state index in [2.05, 4.69) is 0 Å². The summed E-state index contributed by atoms with van der Waals surface area (Å²) in [4.78, 5) is 12.0. The van der Waals surface area contributed by atoms with E-state index < -0.39 is 34.8 Å². The van der Waals surface area contributed by atoms with Crippen molar-refractivity contribution in [1.82, 2.24) is 0 Å². The van der Waals surface area contributed by atoms with Crippen LogP contribution < -0.4 is 0 Å². The summed E-state index contributed by atoms with van der Waals surface area (Å²) >= 11 is 0. The summed E-state index contributed by atoms with van der Waals surface area (Å²) in [5.41, 5.74) is -0.151. The minimum absolute atomic E-state index is 0.158. The van der Waals surface area contributed by atoms with Crippen LogP contribution >= 0.6 is 0 Å². The first kappa shape index (κ1) is 21.6. The van der Waals surface area contributed by atoms with Crippen LogP contribution in [0.25, 0.3) is 11.1 Å². The highest BCUT2D eigenvalue weighted by molar-refractivity contribution is 5.98. The molecule has 0 spiro atoms. The predicted octanol–water partition coefficient (Wildman–Crippen LogP) is 6.63. The predicted molar refractivity (Wildman–Crippen MR) is 118 cm³/mol. The molecule has 0 saturated carbocycles. The van der Waals surface area contributed by atoms with Gasteiger partial charge in [-0.05, 0) is 35.8 Å². The Balaban J connectivity index is 2.14. The Kier molecular flexibility index (Phi) is 5.74. The van der Waals surface area contributed by atoms with E-state index in [0.29, 0.717) is 11.1 Å². The largest absolute Gasteiger partial charge is 0.481 e.